The number of aliphatic hydroxyl groups excluding tert-OH is 1. The van der Waals surface area contributed by atoms with Crippen LogP contribution in [-0.2, 0) is 19.6 Å². The van der Waals surface area contributed by atoms with Gasteiger partial charge >= 0.3 is 12.3 Å². The van der Waals surface area contributed by atoms with Gasteiger partial charge in [0.2, 0.25) is 10.0 Å². The molecule has 0 aliphatic carbocycles. The zero-order valence-corrected chi connectivity index (χ0v) is 31.3. The largest absolute Gasteiger partial charge is 0.453 e. The Morgan fingerprint density at radius 2 is 1.49 bits per heavy atom. The predicted octanol–water partition coefficient (Wildman–Crippen LogP) is 7.79. The van der Waals surface area contributed by atoms with Crippen LogP contribution in [0.3, 0.4) is 0 Å². The van der Waals surface area contributed by atoms with Gasteiger partial charge in [0.1, 0.15) is 11.9 Å². The molecule has 1 aromatic heterocycles. The number of carbonyl (C=O) groups is 2. The molecule has 0 saturated heterocycles. The van der Waals surface area contributed by atoms with E-state index in [1.807, 2.05) is 20.8 Å². The predicted molar refractivity (Wildman–Crippen MR) is 195 cm³/mol. The number of nitrogens with one attached hydrogen (secondary N) is 1. The third kappa shape index (κ3) is 10.4. The lowest BCUT2D eigenvalue weighted by atomic mass is 9.81. The van der Waals surface area contributed by atoms with E-state index in [1.54, 1.807) is 60.7 Å². The van der Waals surface area contributed by atoms with E-state index in [1.165, 1.54) is 6.07 Å². The van der Waals surface area contributed by atoms with E-state index in [0.717, 1.165) is 35.7 Å². The number of nitrogen functional groups attached to an aromatic ring is 1. The van der Waals surface area contributed by atoms with Gasteiger partial charge in [-0.25, -0.2) is 17.6 Å². The number of Topliss-reactive ketones (excluding diaryl/α,β-unsaturated/α-hetero) is 1. The van der Waals surface area contributed by atoms with Crippen LogP contribution in [0.1, 0.15) is 72.4 Å². The number of sulfonamides is 1. The maximum absolute atomic E-state index is 14.9. The number of ketones is 1. The molecule has 3 atom stereocenters. The number of aliphatic hydroxyl groups is 1. The molecule has 53 heavy (non-hydrogen) atoms. The fourth-order valence-electron chi connectivity index (χ4n) is 5.89. The van der Waals surface area contributed by atoms with Crippen LogP contribution in [0.5, 0.6) is 0 Å². The first-order valence-electron chi connectivity index (χ1n) is 16.7. The highest BCUT2D eigenvalue weighted by Crippen LogP contribution is 2.44. The molecule has 0 radical (unpaired) electrons. The number of ether oxygens (including phenoxy) is 1. The van der Waals surface area contributed by atoms with Crippen molar-refractivity contribution in [3.63, 3.8) is 0 Å². The third-order valence-corrected chi connectivity index (χ3v) is 12.0. The smallest absolute Gasteiger partial charge is 0.407 e. The summed E-state index contributed by atoms with van der Waals surface area (Å²) in [6, 6.07) is 19.7. The number of halogens is 4. The zero-order valence-electron chi connectivity index (χ0n) is 29.6. The molecule has 1 amide bonds. The lowest BCUT2D eigenvalue weighted by Gasteiger charge is -2.32. The summed E-state index contributed by atoms with van der Waals surface area (Å²) < 4.78 is 92.9. The van der Waals surface area contributed by atoms with Crippen LogP contribution in [0.15, 0.2) is 95.9 Å². The fraction of sp³-hybridized carbons (Fsp3) is 0.368. The van der Waals surface area contributed by atoms with Crippen molar-refractivity contribution in [2.45, 2.75) is 68.6 Å². The van der Waals surface area contributed by atoms with Crippen molar-refractivity contribution < 1.29 is 45.4 Å². The SMILES string of the molecule is COC(=O)N[C@H](C(=O)C[C@H](c1ccc([C@@H](CO)N(CCC(C)(C)C)S(=O)(=O)c2ccc(N)c(F)c2)s1)C(F)(F)F)C(c1ccccc1)c1ccccc1. The molecule has 3 aromatic carbocycles. The highest BCUT2D eigenvalue weighted by Gasteiger charge is 2.46. The maximum atomic E-state index is 14.9. The van der Waals surface area contributed by atoms with Crippen LogP contribution in [0, 0.1) is 11.2 Å². The van der Waals surface area contributed by atoms with Crippen LogP contribution >= 0.6 is 11.3 Å². The second-order valence-electron chi connectivity index (χ2n) is 13.7. The molecule has 4 N–H and O–H groups in total. The van der Waals surface area contributed by atoms with Gasteiger partial charge in [0.25, 0.3) is 0 Å². The van der Waals surface area contributed by atoms with Gasteiger partial charge in [-0.1, -0.05) is 81.4 Å². The standard InChI is InChI=1S/C38H43F4N3O6S2/c1-37(2,3)19-20-45(53(49,50)26-15-16-29(43)28(39)21-26)30(23-46)33-18-17-32(52-33)27(38(40,41)42)22-31(47)35(44-36(48)51-4)34(24-11-7-5-8-12-24)25-13-9-6-10-14-25/h5-18,21,27,30,34-35,46H,19-20,22-23,43H2,1-4H3,(H,44,48)/t27-,30-,35-/m1/s1. The van der Waals surface area contributed by atoms with E-state index in [4.69, 9.17) is 10.5 Å². The Morgan fingerprint density at radius 1 is 0.925 bits per heavy atom. The van der Waals surface area contributed by atoms with E-state index in [9.17, 15) is 40.7 Å². The van der Waals surface area contributed by atoms with Gasteiger partial charge in [-0.05, 0) is 53.3 Å². The van der Waals surface area contributed by atoms with Crippen LogP contribution in [0.2, 0.25) is 0 Å². The lowest BCUT2D eigenvalue weighted by Crippen LogP contribution is -2.46. The number of alkyl halides is 3. The van der Waals surface area contributed by atoms with E-state index in [-0.39, 0.29) is 28.4 Å². The fourth-order valence-corrected chi connectivity index (χ4v) is 8.81. The average molecular weight is 778 g/mol. The second kappa shape index (κ2) is 17.2. The molecular formula is C38H43F4N3O6S2. The highest BCUT2D eigenvalue weighted by atomic mass is 32.2. The summed E-state index contributed by atoms with van der Waals surface area (Å²) in [7, 11) is -3.43. The molecule has 0 saturated carbocycles. The molecule has 4 aromatic rings. The van der Waals surface area contributed by atoms with Crippen molar-refractivity contribution in [1.29, 1.82) is 0 Å². The molecule has 286 valence electrons. The van der Waals surface area contributed by atoms with E-state index >= 15 is 0 Å². The van der Waals surface area contributed by atoms with Gasteiger partial charge in [-0.15, -0.1) is 11.3 Å². The second-order valence-corrected chi connectivity index (χ2v) is 16.8. The Bertz CT molecular complexity index is 1910. The van der Waals surface area contributed by atoms with Crippen molar-refractivity contribution in [2.24, 2.45) is 5.41 Å². The van der Waals surface area contributed by atoms with Gasteiger partial charge < -0.3 is 20.9 Å². The van der Waals surface area contributed by atoms with Gasteiger partial charge in [-0.2, -0.15) is 17.5 Å². The van der Waals surface area contributed by atoms with Crippen LogP contribution < -0.4 is 11.1 Å². The van der Waals surface area contributed by atoms with Crippen LogP contribution in [0.4, 0.5) is 28.0 Å². The number of nitrogens with zero attached hydrogens (tertiary/aromatic N) is 1. The number of thiophene rings is 1. The first kappa shape index (κ1) is 41.4. The van der Waals surface area contributed by atoms with E-state index in [0.29, 0.717) is 22.5 Å². The Labute approximate surface area is 310 Å². The highest BCUT2D eigenvalue weighted by molar-refractivity contribution is 7.89. The molecule has 4 rings (SSSR count). The topological polar surface area (TPSA) is 139 Å². The van der Waals surface area contributed by atoms with Crippen LogP contribution in [0.25, 0.3) is 0 Å². The van der Waals surface area contributed by atoms with Crippen molar-refractivity contribution in [3.05, 3.63) is 118 Å². The normalized spacial score (nSPS) is 14.2. The monoisotopic (exact) mass is 777 g/mol. The van der Waals surface area contributed by atoms with E-state index < -0.39 is 81.2 Å². The van der Waals surface area contributed by atoms with Gasteiger partial charge in [0.05, 0.1) is 36.3 Å². The number of amides is 1. The molecule has 0 spiro atoms. The molecular weight excluding hydrogens is 735 g/mol. The number of hydrogen-bond acceptors (Lipinski definition) is 8. The minimum Gasteiger partial charge on any atom is -0.453 e. The number of benzene rings is 3. The number of carbonyl (C=O) groups excluding carboxylic acids is 2. The Morgan fingerprint density at radius 3 is 1.98 bits per heavy atom. The average Bonchev–Trinajstić information content (AvgIpc) is 3.58. The first-order chi connectivity index (χ1) is 24.9. The van der Waals surface area contributed by atoms with Gasteiger partial charge in [0, 0.05) is 28.6 Å². The summed E-state index contributed by atoms with van der Waals surface area (Å²) in [5.74, 6) is -5.13. The summed E-state index contributed by atoms with van der Waals surface area (Å²) >= 11 is 0.608. The molecule has 15 heteroatoms. The number of hydrogen-bond donors (Lipinski definition) is 3. The minimum atomic E-state index is -4.95. The number of methoxy groups -OCH3 is 1. The molecule has 0 aliphatic rings. The number of rotatable bonds is 15. The zero-order chi connectivity index (χ0) is 39.1. The third-order valence-electron chi connectivity index (χ3n) is 8.76. The van der Waals surface area contributed by atoms with E-state index in [2.05, 4.69) is 5.32 Å². The number of anilines is 1. The molecule has 0 unspecified atom stereocenters. The molecule has 0 bridgehead atoms. The quantitative estimate of drug-likeness (QED) is 0.0828. The molecule has 1 heterocycles. The summed E-state index contributed by atoms with van der Waals surface area (Å²) in [6.07, 6.45) is -6.74. The maximum Gasteiger partial charge on any atom is 0.407 e. The molecule has 0 aliphatic heterocycles. The minimum absolute atomic E-state index is 0.0771. The van der Waals surface area contributed by atoms with Gasteiger partial charge in [0.15, 0.2) is 5.78 Å². The Kier molecular flexibility index (Phi) is 13.5. The summed E-state index contributed by atoms with van der Waals surface area (Å²) in [4.78, 5) is 26.0. The number of alkyl carbamates (subject to hydrolysis) is 1. The van der Waals surface area contributed by atoms with Crippen molar-refractivity contribution >= 4 is 38.9 Å². The summed E-state index contributed by atoms with van der Waals surface area (Å²) in [6.45, 7) is 4.64. The summed E-state index contributed by atoms with van der Waals surface area (Å²) in [5, 5.41) is 13.0. The van der Waals surface area contributed by atoms with Crippen LogP contribution in [-0.4, -0.2) is 62.2 Å². The molecule has 0 fully saturated rings. The van der Waals surface area contributed by atoms with Crippen molar-refractivity contribution in [2.75, 3.05) is 26.0 Å². The number of nitrogens with two attached hydrogens (primary N) is 1. The van der Waals surface area contributed by atoms with Crippen molar-refractivity contribution in [1.82, 2.24) is 9.62 Å². The Balaban J connectivity index is 1.75. The first-order valence-corrected chi connectivity index (χ1v) is 18.9. The molecule has 9 nitrogen and oxygen atoms in total. The van der Waals surface area contributed by atoms with Gasteiger partial charge in [-0.3, -0.25) is 4.79 Å². The summed E-state index contributed by atoms with van der Waals surface area (Å²) in [5.41, 5.74) is 6.03. The lowest BCUT2D eigenvalue weighted by molar-refractivity contribution is -0.156. The Hall–Kier alpha value is -4.31. The van der Waals surface area contributed by atoms with Crippen molar-refractivity contribution in [3.8, 4) is 0 Å².